The summed E-state index contributed by atoms with van der Waals surface area (Å²) in [6.07, 6.45) is 6.87. The molecule has 7 nitrogen and oxygen atoms in total. The van der Waals surface area contributed by atoms with Gasteiger partial charge in [0.1, 0.15) is 0 Å². The van der Waals surface area contributed by atoms with Crippen LogP contribution in [-0.4, -0.2) is 58.2 Å². The molecule has 2 heterocycles. The molecule has 1 N–H and O–H groups in total. The zero-order chi connectivity index (χ0) is 19.2. The largest absolute Gasteiger partial charge is 0.349 e. The van der Waals surface area contributed by atoms with Crippen LogP contribution in [0.5, 0.6) is 0 Å². The normalized spacial score (nSPS) is 16.4. The molecule has 2 aromatic rings. The predicted octanol–water partition coefficient (Wildman–Crippen LogP) is 2.60. The first kappa shape index (κ1) is 18.9. The number of anilines is 1. The maximum Gasteiger partial charge on any atom is 0.322 e. The summed E-state index contributed by atoms with van der Waals surface area (Å²) in [5, 5.41) is 7.23. The summed E-state index contributed by atoms with van der Waals surface area (Å²) in [5.41, 5.74) is 1.85. The van der Waals surface area contributed by atoms with Crippen LogP contribution >= 0.6 is 0 Å². The molecule has 27 heavy (non-hydrogen) atoms. The lowest BCUT2D eigenvalue weighted by molar-refractivity contribution is -0.128. The fourth-order valence-electron chi connectivity index (χ4n) is 3.34. The standard InChI is InChI=1S/C20H27N5O2/c1-23(2)19(26)11-8-16-6-9-17(10-7-16)22-20(27)25-14-3-5-18(25)15-24-13-4-12-21-24/h4,6-7,9-10,12-13,18H,3,5,8,11,14-15H2,1-2H3,(H,22,27)/t18-/m1/s1. The smallest absolute Gasteiger partial charge is 0.322 e. The maximum absolute atomic E-state index is 12.7. The average Bonchev–Trinajstić information content (AvgIpc) is 3.33. The second-order valence-electron chi connectivity index (χ2n) is 7.13. The maximum atomic E-state index is 12.7. The summed E-state index contributed by atoms with van der Waals surface area (Å²) in [6, 6.07) is 9.71. The molecule has 1 aliphatic rings. The van der Waals surface area contributed by atoms with Gasteiger partial charge in [-0.2, -0.15) is 5.10 Å². The van der Waals surface area contributed by atoms with Gasteiger partial charge in [0.15, 0.2) is 0 Å². The molecule has 3 rings (SSSR count). The van der Waals surface area contributed by atoms with Crippen molar-refractivity contribution in [3.05, 3.63) is 48.3 Å². The molecule has 1 aromatic carbocycles. The molecule has 144 valence electrons. The molecule has 7 heteroatoms. The van der Waals surface area contributed by atoms with Crippen molar-refractivity contribution in [2.24, 2.45) is 0 Å². The van der Waals surface area contributed by atoms with Crippen LogP contribution in [0.4, 0.5) is 10.5 Å². The van der Waals surface area contributed by atoms with E-state index < -0.39 is 0 Å². The topological polar surface area (TPSA) is 70.5 Å². The van der Waals surface area contributed by atoms with Crippen molar-refractivity contribution in [2.45, 2.75) is 38.3 Å². The van der Waals surface area contributed by atoms with Gasteiger partial charge in [-0.05, 0) is 43.0 Å². The second-order valence-corrected chi connectivity index (χ2v) is 7.13. The number of nitrogens with one attached hydrogen (secondary N) is 1. The van der Waals surface area contributed by atoms with E-state index in [1.807, 2.05) is 46.1 Å². The monoisotopic (exact) mass is 369 g/mol. The zero-order valence-electron chi connectivity index (χ0n) is 16.0. The first-order chi connectivity index (χ1) is 13.0. The Labute approximate surface area is 159 Å². The van der Waals surface area contributed by atoms with Crippen molar-refractivity contribution >= 4 is 17.6 Å². The molecule has 1 atom stereocenters. The minimum atomic E-state index is -0.0693. The Kier molecular flexibility index (Phi) is 6.11. The number of aryl methyl sites for hydroxylation is 1. The summed E-state index contributed by atoms with van der Waals surface area (Å²) in [7, 11) is 3.53. The van der Waals surface area contributed by atoms with E-state index in [4.69, 9.17) is 0 Å². The van der Waals surface area contributed by atoms with E-state index in [1.165, 1.54) is 0 Å². The van der Waals surface area contributed by atoms with Crippen LogP contribution in [0.15, 0.2) is 42.7 Å². The first-order valence-electron chi connectivity index (χ1n) is 9.37. The van der Waals surface area contributed by atoms with Crippen molar-refractivity contribution < 1.29 is 9.59 Å². The number of aromatic nitrogens is 2. The molecular weight excluding hydrogens is 342 g/mol. The van der Waals surface area contributed by atoms with Gasteiger partial charge in [-0.3, -0.25) is 9.48 Å². The average molecular weight is 369 g/mol. The van der Waals surface area contributed by atoms with Gasteiger partial charge in [-0.15, -0.1) is 0 Å². The number of likely N-dealkylation sites (tertiary alicyclic amines) is 1. The molecule has 3 amide bonds. The van der Waals surface area contributed by atoms with E-state index in [0.29, 0.717) is 12.8 Å². The van der Waals surface area contributed by atoms with Crippen LogP contribution in [0, 0.1) is 0 Å². The van der Waals surface area contributed by atoms with Gasteiger partial charge in [-0.1, -0.05) is 12.1 Å². The number of rotatable bonds is 6. The molecule has 1 saturated heterocycles. The van der Waals surface area contributed by atoms with E-state index in [1.54, 1.807) is 25.2 Å². The molecule has 0 saturated carbocycles. The van der Waals surface area contributed by atoms with Crippen LogP contribution in [-0.2, 0) is 17.8 Å². The van der Waals surface area contributed by atoms with Crippen LogP contribution < -0.4 is 5.32 Å². The minimum absolute atomic E-state index is 0.0693. The molecule has 0 aliphatic carbocycles. The summed E-state index contributed by atoms with van der Waals surface area (Å²) in [6.45, 7) is 1.49. The van der Waals surface area contributed by atoms with Crippen LogP contribution in [0.25, 0.3) is 0 Å². The quantitative estimate of drug-likeness (QED) is 0.851. The summed E-state index contributed by atoms with van der Waals surface area (Å²) in [5.74, 6) is 0.115. The van der Waals surface area contributed by atoms with Crippen LogP contribution in [0.2, 0.25) is 0 Å². The molecule has 1 aromatic heterocycles. The predicted molar refractivity (Wildman–Crippen MR) is 104 cm³/mol. The molecule has 1 fully saturated rings. The van der Waals surface area contributed by atoms with Gasteiger partial charge in [0, 0.05) is 45.1 Å². The summed E-state index contributed by atoms with van der Waals surface area (Å²) >= 11 is 0. The van der Waals surface area contributed by atoms with Crippen molar-refractivity contribution in [2.75, 3.05) is 26.0 Å². The van der Waals surface area contributed by atoms with Crippen molar-refractivity contribution in [1.82, 2.24) is 19.6 Å². The highest BCUT2D eigenvalue weighted by Crippen LogP contribution is 2.20. The zero-order valence-corrected chi connectivity index (χ0v) is 16.0. The Hall–Kier alpha value is -2.83. The Morgan fingerprint density at radius 2 is 2.04 bits per heavy atom. The van der Waals surface area contributed by atoms with Crippen LogP contribution in [0.3, 0.4) is 0 Å². The summed E-state index contributed by atoms with van der Waals surface area (Å²) < 4.78 is 1.88. The molecular formula is C20H27N5O2. The Morgan fingerprint density at radius 1 is 1.26 bits per heavy atom. The number of hydrogen-bond donors (Lipinski definition) is 1. The van der Waals surface area contributed by atoms with Crippen molar-refractivity contribution in [1.29, 1.82) is 0 Å². The highest BCUT2D eigenvalue weighted by molar-refractivity contribution is 5.89. The number of nitrogens with zero attached hydrogens (tertiary/aromatic N) is 4. The lowest BCUT2D eigenvalue weighted by Crippen LogP contribution is -2.40. The van der Waals surface area contributed by atoms with Gasteiger partial charge in [0.05, 0.1) is 12.6 Å². The number of hydrogen-bond acceptors (Lipinski definition) is 3. The van der Waals surface area contributed by atoms with Gasteiger partial charge in [0.25, 0.3) is 0 Å². The first-order valence-corrected chi connectivity index (χ1v) is 9.37. The Morgan fingerprint density at radius 3 is 2.70 bits per heavy atom. The fourth-order valence-corrected chi connectivity index (χ4v) is 3.34. The number of carbonyl (C=O) groups is 2. The molecule has 0 spiro atoms. The van der Waals surface area contributed by atoms with Gasteiger partial charge >= 0.3 is 6.03 Å². The lowest BCUT2D eigenvalue weighted by Gasteiger charge is -2.25. The number of benzene rings is 1. The SMILES string of the molecule is CN(C)C(=O)CCc1ccc(NC(=O)N2CCC[C@@H]2Cn2cccn2)cc1. The van der Waals surface area contributed by atoms with Crippen LogP contribution in [0.1, 0.15) is 24.8 Å². The molecule has 0 bridgehead atoms. The highest BCUT2D eigenvalue weighted by Gasteiger charge is 2.29. The Balaban J connectivity index is 1.53. The molecule has 0 radical (unpaired) electrons. The van der Waals surface area contributed by atoms with Gasteiger partial charge in [0.2, 0.25) is 5.91 Å². The van der Waals surface area contributed by atoms with Crippen molar-refractivity contribution in [3.63, 3.8) is 0 Å². The Bertz CT molecular complexity index is 755. The van der Waals surface area contributed by atoms with E-state index in [0.717, 1.165) is 37.2 Å². The third-order valence-electron chi connectivity index (χ3n) is 4.93. The molecule has 1 aliphatic heterocycles. The fraction of sp³-hybridized carbons (Fsp3) is 0.450. The van der Waals surface area contributed by atoms with Gasteiger partial charge < -0.3 is 15.1 Å². The van der Waals surface area contributed by atoms with E-state index in [9.17, 15) is 9.59 Å². The second kappa shape index (κ2) is 8.70. The number of urea groups is 1. The third-order valence-corrected chi connectivity index (χ3v) is 4.93. The van der Waals surface area contributed by atoms with Gasteiger partial charge in [-0.25, -0.2) is 4.79 Å². The summed E-state index contributed by atoms with van der Waals surface area (Å²) in [4.78, 5) is 27.8. The molecule has 0 unspecified atom stereocenters. The number of carbonyl (C=O) groups excluding carboxylic acids is 2. The minimum Gasteiger partial charge on any atom is -0.349 e. The third kappa shape index (κ3) is 5.09. The lowest BCUT2D eigenvalue weighted by atomic mass is 10.1. The van der Waals surface area contributed by atoms with Crippen molar-refractivity contribution in [3.8, 4) is 0 Å². The van der Waals surface area contributed by atoms with E-state index in [2.05, 4.69) is 10.4 Å². The highest BCUT2D eigenvalue weighted by atomic mass is 16.2. The number of amides is 3. The van der Waals surface area contributed by atoms with E-state index in [-0.39, 0.29) is 18.0 Å². The van der Waals surface area contributed by atoms with E-state index >= 15 is 0 Å².